The molecule has 0 saturated heterocycles. The molecule has 0 aliphatic rings. The summed E-state index contributed by atoms with van der Waals surface area (Å²) in [5.41, 5.74) is -1.12. The average molecular weight is 222 g/mol. The highest BCUT2D eigenvalue weighted by molar-refractivity contribution is 5.33. The molecule has 1 aromatic carbocycles. The minimum Gasteiger partial charge on any atom is -0.396 e. The van der Waals surface area contributed by atoms with Gasteiger partial charge in [0, 0.05) is 12.5 Å². The Morgan fingerprint density at radius 2 is 1.93 bits per heavy atom. The molecule has 1 atom stereocenters. The van der Waals surface area contributed by atoms with Crippen LogP contribution in [0.1, 0.15) is 24.0 Å². The maximum absolute atomic E-state index is 12.7. The number of benzene rings is 1. The second kappa shape index (κ2) is 4.18. The van der Waals surface area contributed by atoms with Gasteiger partial charge in [-0.3, -0.25) is 0 Å². The fraction of sp³-hybridized carbons (Fsp3) is 0.400. The van der Waals surface area contributed by atoms with Crippen LogP contribution in [0.3, 0.4) is 0 Å². The molecule has 0 saturated carbocycles. The molecule has 0 aliphatic carbocycles. The largest absolute Gasteiger partial charge is 0.416 e. The maximum Gasteiger partial charge on any atom is 0.416 e. The monoisotopic (exact) mass is 222 g/mol. The highest BCUT2D eigenvalue weighted by atomic mass is 19.4. The predicted octanol–water partition coefficient (Wildman–Crippen LogP) is 2.94. The van der Waals surface area contributed by atoms with Crippen molar-refractivity contribution in [3.8, 4) is 0 Å². The number of rotatable bonds is 2. The van der Waals surface area contributed by atoms with Crippen LogP contribution in [0.2, 0.25) is 0 Å². The fourth-order valence-electron chi connectivity index (χ4n) is 1.30. The Labute approximate surface area is 84.3 Å². The molecule has 0 heterocycles. The van der Waals surface area contributed by atoms with Crippen molar-refractivity contribution >= 4 is 0 Å². The van der Waals surface area contributed by atoms with Gasteiger partial charge in [-0.15, -0.1) is 0 Å². The van der Waals surface area contributed by atoms with E-state index < -0.39 is 30.1 Å². The van der Waals surface area contributed by atoms with Crippen molar-refractivity contribution in [2.45, 2.75) is 19.0 Å². The number of halogens is 4. The van der Waals surface area contributed by atoms with Gasteiger partial charge < -0.3 is 5.11 Å². The third kappa shape index (κ3) is 2.68. The van der Waals surface area contributed by atoms with E-state index in [2.05, 4.69) is 0 Å². The van der Waals surface area contributed by atoms with Crippen LogP contribution in [-0.2, 0) is 6.18 Å². The first kappa shape index (κ1) is 12.0. The first-order chi connectivity index (χ1) is 6.86. The zero-order valence-electron chi connectivity index (χ0n) is 7.98. The number of aliphatic hydroxyl groups is 1. The predicted molar refractivity (Wildman–Crippen MR) is 46.9 cm³/mol. The minimum absolute atomic E-state index is 0.0913. The van der Waals surface area contributed by atoms with Crippen molar-refractivity contribution in [3.05, 3.63) is 35.1 Å². The van der Waals surface area contributed by atoms with Gasteiger partial charge in [-0.2, -0.15) is 13.2 Å². The van der Waals surface area contributed by atoms with Crippen LogP contribution in [0.25, 0.3) is 0 Å². The molecule has 5 heteroatoms. The van der Waals surface area contributed by atoms with Gasteiger partial charge >= 0.3 is 6.18 Å². The van der Waals surface area contributed by atoms with E-state index in [0.29, 0.717) is 6.07 Å². The van der Waals surface area contributed by atoms with E-state index in [1.54, 1.807) is 0 Å². The molecule has 0 amide bonds. The van der Waals surface area contributed by atoms with Crippen molar-refractivity contribution in [2.75, 3.05) is 6.61 Å². The Balaban J connectivity index is 3.27. The van der Waals surface area contributed by atoms with Gasteiger partial charge in [0.25, 0.3) is 0 Å². The number of aliphatic hydroxyl groups excluding tert-OH is 1. The molecule has 0 radical (unpaired) electrons. The molecule has 84 valence electrons. The first-order valence-electron chi connectivity index (χ1n) is 4.33. The van der Waals surface area contributed by atoms with E-state index >= 15 is 0 Å². The van der Waals surface area contributed by atoms with Crippen LogP contribution in [0, 0.1) is 5.82 Å². The molecule has 15 heavy (non-hydrogen) atoms. The molecule has 1 rings (SSSR count). The highest BCUT2D eigenvalue weighted by Crippen LogP contribution is 2.35. The van der Waals surface area contributed by atoms with Gasteiger partial charge in [-0.25, -0.2) is 4.39 Å². The van der Waals surface area contributed by atoms with E-state index in [1.807, 2.05) is 0 Å². The second-order valence-electron chi connectivity index (χ2n) is 3.31. The summed E-state index contributed by atoms with van der Waals surface area (Å²) in [6.45, 7) is 1.04. The van der Waals surface area contributed by atoms with Crippen molar-refractivity contribution in [1.29, 1.82) is 0 Å². The highest BCUT2D eigenvalue weighted by Gasteiger charge is 2.34. The van der Waals surface area contributed by atoms with Crippen LogP contribution in [-0.4, -0.2) is 11.7 Å². The first-order valence-corrected chi connectivity index (χ1v) is 4.33. The Hall–Kier alpha value is -1.10. The molecule has 0 fully saturated rings. The summed E-state index contributed by atoms with van der Waals surface area (Å²) < 4.78 is 50.1. The van der Waals surface area contributed by atoms with Gasteiger partial charge in [0.15, 0.2) is 0 Å². The SMILES string of the molecule is CC(CO)c1ccc(F)cc1C(F)(F)F. The molecule has 1 nitrogen and oxygen atoms in total. The van der Waals surface area contributed by atoms with Gasteiger partial charge in [0.1, 0.15) is 5.82 Å². The Bertz CT molecular complexity index is 346. The smallest absolute Gasteiger partial charge is 0.396 e. The third-order valence-corrected chi connectivity index (χ3v) is 2.13. The lowest BCUT2D eigenvalue weighted by molar-refractivity contribution is -0.138. The summed E-state index contributed by atoms with van der Waals surface area (Å²) in [5, 5.41) is 8.79. The van der Waals surface area contributed by atoms with Gasteiger partial charge in [0.05, 0.1) is 5.56 Å². The molecule has 0 aromatic heterocycles. The Morgan fingerprint density at radius 1 is 1.33 bits per heavy atom. The molecular formula is C10H10F4O. The molecule has 0 aliphatic heterocycles. The summed E-state index contributed by atoms with van der Waals surface area (Å²) in [4.78, 5) is 0. The standard InChI is InChI=1S/C10H10F4O/c1-6(5-15)8-3-2-7(11)4-9(8)10(12,13)14/h2-4,6,15H,5H2,1H3. The van der Waals surface area contributed by atoms with Crippen LogP contribution in [0.4, 0.5) is 17.6 Å². The average Bonchev–Trinajstić information content (AvgIpc) is 2.15. The number of hydrogen-bond acceptors (Lipinski definition) is 1. The van der Waals surface area contributed by atoms with E-state index in [-0.39, 0.29) is 5.56 Å². The Morgan fingerprint density at radius 3 is 2.40 bits per heavy atom. The zero-order valence-corrected chi connectivity index (χ0v) is 7.98. The van der Waals surface area contributed by atoms with Crippen LogP contribution in [0.5, 0.6) is 0 Å². The topological polar surface area (TPSA) is 20.2 Å². The van der Waals surface area contributed by atoms with Gasteiger partial charge in [0.2, 0.25) is 0 Å². The fourth-order valence-corrected chi connectivity index (χ4v) is 1.30. The number of hydrogen-bond donors (Lipinski definition) is 1. The zero-order chi connectivity index (χ0) is 11.6. The van der Waals surface area contributed by atoms with E-state index in [0.717, 1.165) is 12.1 Å². The summed E-state index contributed by atoms with van der Waals surface area (Å²) in [5.74, 6) is -1.60. The lowest BCUT2D eigenvalue weighted by Crippen LogP contribution is -2.13. The van der Waals surface area contributed by atoms with Gasteiger partial charge in [-0.05, 0) is 17.7 Å². The molecule has 0 bridgehead atoms. The number of alkyl halides is 3. The van der Waals surface area contributed by atoms with E-state index in [1.165, 1.54) is 6.92 Å². The summed E-state index contributed by atoms with van der Waals surface area (Å²) >= 11 is 0. The van der Waals surface area contributed by atoms with Crippen LogP contribution < -0.4 is 0 Å². The summed E-state index contributed by atoms with van der Waals surface area (Å²) in [6.07, 6.45) is -4.60. The van der Waals surface area contributed by atoms with Gasteiger partial charge in [-0.1, -0.05) is 13.0 Å². The second-order valence-corrected chi connectivity index (χ2v) is 3.31. The van der Waals surface area contributed by atoms with Crippen molar-refractivity contribution in [3.63, 3.8) is 0 Å². The lowest BCUT2D eigenvalue weighted by atomic mass is 9.96. The lowest BCUT2D eigenvalue weighted by Gasteiger charge is -2.16. The third-order valence-electron chi connectivity index (χ3n) is 2.13. The van der Waals surface area contributed by atoms with E-state index in [4.69, 9.17) is 5.11 Å². The quantitative estimate of drug-likeness (QED) is 0.763. The molecule has 1 aromatic rings. The van der Waals surface area contributed by atoms with Crippen molar-refractivity contribution in [1.82, 2.24) is 0 Å². The minimum atomic E-state index is -4.60. The van der Waals surface area contributed by atoms with Crippen molar-refractivity contribution in [2.24, 2.45) is 0 Å². The summed E-state index contributed by atoms with van der Waals surface area (Å²) in [7, 11) is 0. The normalized spacial score (nSPS) is 14.0. The maximum atomic E-state index is 12.7. The summed E-state index contributed by atoms with van der Waals surface area (Å²) in [6, 6.07) is 2.46. The molecule has 1 unspecified atom stereocenters. The molecule has 0 spiro atoms. The van der Waals surface area contributed by atoms with Crippen molar-refractivity contribution < 1.29 is 22.7 Å². The van der Waals surface area contributed by atoms with Crippen LogP contribution in [0.15, 0.2) is 18.2 Å². The van der Waals surface area contributed by atoms with E-state index in [9.17, 15) is 17.6 Å². The molecular weight excluding hydrogens is 212 g/mol. The van der Waals surface area contributed by atoms with Crippen LogP contribution >= 0.6 is 0 Å². The Kier molecular flexibility index (Phi) is 3.34. The molecule has 1 N–H and O–H groups in total.